The molecule has 1 aliphatic rings. The second-order valence-electron chi connectivity index (χ2n) is 11.0. The van der Waals surface area contributed by atoms with Crippen molar-refractivity contribution < 1.29 is 19.1 Å². The Balaban J connectivity index is 1.37. The minimum atomic E-state index is -0.707. The summed E-state index contributed by atoms with van der Waals surface area (Å²) in [6, 6.07) is 29.4. The van der Waals surface area contributed by atoms with Crippen molar-refractivity contribution in [2.24, 2.45) is 4.99 Å². The molecule has 0 atom stereocenters. The van der Waals surface area contributed by atoms with Crippen LogP contribution in [0.3, 0.4) is 0 Å². The second-order valence-corrected chi connectivity index (χ2v) is 14.0. The number of carbonyl (C=O) groups is 3. The summed E-state index contributed by atoms with van der Waals surface area (Å²) < 4.78 is 6.75. The molecule has 0 saturated heterocycles. The van der Waals surface area contributed by atoms with Crippen molar-refractivity contribution in [3.05, 3.63) is 175 Å². The SMILES string of the molecule is C=C/C=C\C(=C/C)N1C(=O)/C(=C/c2ccc(OCc3ccc(Cl)cc3Cl)c(I)c2)C(=O)N=C1SCC(=O)NC(c1ccccc1)c1ccccc1. The van der Waals surface area contributed by atoms with Gasteiger partial charge in [-0.05, 0) is 82.6 Å². The Bertz CT molecular complexity index is 2030. The van der Waals surface area contributed by atoms with Gasteiger partial charge in [0, 0.05) is 21.3 Å². The first-order valence-corrected chi connectivity index (χ1v) is 18.5. The van der Waals surface area contributed by atoms with Crippen LogP contribution in [0.2, 0.25) is 10.0 Å². The minimum absolute atomic E-state index is 0.0891. The number of carbonyl (C=O) groups excluding carboxylic acids is 3. The molecule has 4 aromatic rings. The van der Waals surface area contributed by atoms with Crippen LogP contribution in [0.25, 0.3) is 6.08 Å². The van der Waals surface area contributed by atoms with Crippen molar-refractivity contribution in [2.45, 2.75) is 19.6 Å². The lowest BCUT2D eigenvalue weighted by Gasteiger charge is -2.28. The smallest absolute Gasteiger partial charge is 0.285 e. The number of thioether (sulfide) groups is 1. The molecule has 258 valence electrons. The average Bonchev–Trinajstić information content (AvgIpc) is 3.13. The highest BCUT2D eigenvalue weighted by Crippen LogP contribution is 2.30. The first-order chi connectivity index (χ1) is 24.7. The molecule has 0 aliphatic carbocycles. The number of nitrogens with one attached hydrogen (secondary N) is 1. The maximum absolute atomic E-state index is 14.1. The average molecular weight is 849 g/mol. The summed E-state index contributed by atoms with van der Waals surface area (Å²) in [5, 5.41) is 4.23. The van der Waals surface area contributed by atoms with Gasteiger partial charge in [0.05, 0.1) is 15.4 Å². The van der Waals surface area contributed by atoms with Crippen molar-refractivity contribution >= 4 is 86.5 Å². The number of halogens is 3. The van der Waals surface area contributed by atoms with Crippen LogP contribution >= 0.6 is 57.6 Å². The van der Waals surface area contributed by atoms with E-state index in [0.717, 1.165) is 32.0 Å². The first-order valence-electron chi connectivity index (χ1n) is 15.7. The van der Waals surface area contributed by atoms with E-state index in [1.807, 2.05) is 60.7 Å². The molecule has 1 aliphatic heterocycles. The van der Waals surface area contributed by atoms with Crippen molar-refractivity contribution in [2.75, 3.05) is 5.75 Å². The van der Waals surface area contributed by atoms with Gasteiger partial charge in [0.25, 0.3) is 11.8 Å². The van der Waals surface area contributed by atoms with E-state index in [-0.39, 0.29) is 35.0 Å². The molecule has 11 heteroatoms. The molecule has 5 rings (SSSR count). The lowest BCUT2D eigenvalue weighted by Crippen LogP contribution is -2.42. The Kier molecular flexibility index (Phi) is 13.5. The Hall–Kier alpha value is -4.42. The minimum Gasteiger partial charge on any atom is -0.488 e. The zero-order valence-electron chi connectivity index (χ0n) is 27.4. The number of amides is 3. The van der Waals surface area contributed by atoms with Gasteiger partial charge in [-0.1, -0.05) is 133 Å². The molecule has 0 unspecified atom stereocenters. The standard InChI is InChI=1S/C40H32Cl2IN3O4S/c1-3-5-16-31(4-2)46-39(49)32(21-26-17-20-35(34(43)22-26)50-24-29-18-19-30(41)23-33(29)42)38(48)45-40(46)51-25-36(47)44-37(27-12-8-6-9-13-27)28-14-10-7-11-15-28/h3-23,37H,1,24-25H2,2H3,(H,44,47)/b16-5-,31-4+,32-21+. The van der Waals surface area contributed by atoms with E-state index in [0.29, 0.717) is 27.1 Å². The third-order valence-corrected chi connectivity index (χ3v) is 9.95. The normalized spacial score (nSPS) is 14.3. The molecule has 0 bridgehead atoms. The summed E-state index contributed by atoms with van der Waals surface area (Å²) in [4.78, 5) is 46.5. The Labute approximate surface area is 324 Å². The van der Waals surface area contributed by atoms with Crippen molar-refractivity contribution in [3.63, 3.8) is 0 Å². The highest BCUT2D eigenvalue weighted by Gasteiger charge is 2.35. The summed E-state index contributed by atoms with van der Waals surface area (Å²) in [6.45, 7) is 5.73. The molecule has 7 nitrogen and oxygen atoms in total. The van der Waals surface area contributed by atoms with Gasteiger partial charge in [0.15, 0.2) is 5.17 Å². The fourth-order valence-electron chi connectivity index (χ4n) is 5.08. The fraction of sp³-hybridized carbons (Fsp3) is 0.100. The zero-order valence-corrected chi connectivity index (χ0v) is 31.9. The molecule has 1 heterocycles. The van der Waals surface area contributed by atoms with Gasteiger partial charge in [-0.3, -0.25) is 19.3 Å². The van der Waals surface area contributed by atoms with Crippen LogP contribution in [0.5, 0.6) is 5.75 Å². The third kappa shape index (κ3) is 9.89. The number of rotatable bonds is 12. The molecule has 4 aromatic carbocycles. The predicted octanol–water partition coefficient (Wildman–Crippen LogP) is 9.57. The molecule has 0 aromatic heterocycles. The Morgan fingerprint density at radius 2 is 1.69 bits per heavy atom. The summed E-state index contributed by atoms with van der Waals surface area (Å²) in [5.41, 5.74) is 3.57. The molecule has 3 amide bonds. The van der Waals surface area contributed by atoms with Gasteiger partial charge in [-0.25, -0.2) is 0 Å². The van der Waals surface area contributed by atoms with Crippen LogP contribution in [0.1, 0.15) is 35.2 Å². The van der Waals surface area contributed by atoms with E-state index in [2.05, 4.69) is 39.5 Å². The number of hydrogen-bond acceptors (Lipinski definition) is 5. The largest absolute Gasteiger partial charge is 0.488 e. The van der Waals surface area contributed by atoms with Crippen LogP contribution in [-0.4, -0.2) is 33.5 Å². The van der Waals surface area contributed by atoms with Gasteiger partial charge in [-0.2, -0.15) is 4.99 Å². The monoisotopic (exact) mass is 847 g/mol. The molecule has 1 N–H and O–H groups in total. The highest BCUT2D eigenvalue weighted by molar-refractivity contribution is 14.1. The van der Waals surface area contributed by atoms with Gasteiger partial charge in [-0.15, -0.1) is 0 Å². The zero-order chi connectivity index (χ0) is 36.3. The van der Waals surface area contributed by atoms with Crippen LogP contribution in [0, 0.1) is 3.57 Å². The topological polar surface area (TPSA) is 88.1 Å². The van der Waals surface area contributed by atoms with E-state index < -0.39 is 11.8 Å². The van der Waals surface area contributed by atoms with E-state index in [9.17, 15) is 14.4 Å². The summed E-state index contributed by atoms with van der Waals surface area (Å²) in [6.07, 6.45) is 8.19. The lowest BCUT2D eigenvalue weighted by atomic mass is 9.99. The van der Waals surface area contributed by atoms with E-state index >= 15 is 0 Å². The number of ether oxygens (including phenoxy) is 1. The van der Waals surface area contributed by atoms with Gasteiger partial charge in [0.2, 0.25) is 5.91 Å². The maximum atomic E-state index is 14.1. The second kappa shape index (κ2) is 18.2. The lowest BCUT2D eigenvalue weighted by molar-refractivity contribution is -0.126. The van der Waals surface area contributed by atoms with Crippen LogP contribution in [0.15, 0.2) is 144 Å². The first kappa shape index (κ1) is 37.8. The fourth-order valence-corrected chi connectivity index (χ4v) is 7.04. The third-order valence-electron chi connectivity index (χ3n) is 7.58. The maximum Gasteiger partial charge on any atom is 0.285 e. The molecule has 0 spiro atoms. The van der Waals surface area contributed by atoms with Gasteiger partial charge >= 0.3 is 0 Å². The molecule has 0 fully saturated rings. The van der Waals surface area contributed by atoms with Crippen LogP contribution in [0.4, 0.5) is 0 Å². The Morgan fingerprint density at radius 3 is 2.29 bits per heavy atom. The predicted molar refractivity (Wildman–Crippen MR) is 216 cm³/mol. The number of amidine groups is 1. The molecule has 0 saturated carbocycles. The summed E-state index contributed by atoms with van der Waals surface area (Å²) >= 11 is 15.4. The quantitative estimate of drug-likeness (QED) is 0.0665. The molecular formula is C40H32Cl2IN3O4S. The summed E-state index contributed by atoms with van der Waals surface area (Å²) in [5.74, 6) is -1.05. The number of benzene rings is 4. The van der Waals surface area contributed by atoms with E-state index in [1.54, 1.807) is 67.6 Å². The summed E-state index contributed by atoms with van der Waals surface area (Å²) in [7, 11) is 0. The van der Waals surface area contributed by atoms with Crippen LogP contribution < -0.4 is 10.1 Å². The van der Waals surface area contributed by atoms with Crippen molar-refractivity contribution in [3.8, 4) is 5.75 Å². The molecule has 51 heavy (non-hydrogen) atoms. The van der Waals surface area contributed by atoms with Crippen molar-refractivity contribution in [1.29, 1.82) is 0 Å². The number of hydrogen-bond donors (Lipinski definition) is 1. The molecule has 0 radical (unpaired) electrons. The highest BCUT2D eigenvalue weighted by atomic mass is 127. The van der Waals surface area contributed by atoms with Crippen molar-refractivity contribution in [1.82, 2.24) is 10.2 Å². The van der Waals surface area contributed by atoms with E-state index in [4.69, 9.17) is 27.9 Å². The number of aliphatic imine (C=N–C) groups is 1. The number of nitrogens with zero attached hydrogens (tertiary/aromatic N) is 2. The van der Waals surface area contributed by atoms with Crippen LogP contribution in [-0.2, 0) is 21.0 Å². The molecular weight excluding hydrogens is 816 g/mol. The van der Waals surface area contributed by atoms with Gasteiger partial charge < -0.3 is 10.1 Å². The van der Waals surface area contributed by atoms with E-state index in [1.165, 1.54) is 11.0 Å². The number of allylic oxidation sites excluding steroid dienone is 4. The Morgan fingerprint density at radius 1 is 1.00 bits per heavy atom. The van der Waals surface area contributed by atoms with Gasteiger partial charge in [0.1, 0.15) is 17.9 Å².